The van der Waals surface area contributed by atoms with Crippen LogP contribution in [0.5, 0.6) is 0 Å². The Morgan fingerprint density at radius 2 is 0.327 bits per heavy atom. The number of hydrogen-bond donors (Lipinski definition) is 0. The van der Waals surface area contributed by atoms with Gasteiger partial charge in [-0.3, -0.25) is 0 Å². The molecular formula is C30H48MoN6S12-6. The van der Waals surface area contributed by atoms with Crippen molar-refractivity contribution in [1.82, 2.24) is 29.4 Å². The minimum atomic E-state index is 0. The van der Waals surface area contributed by atoms with Crippen molar-refractivity contribution in [2.75, 3.05) is 78.5 Å². The quantitative estimate of drug-likeness (QED) is 0.174. The molecule has 282 valence electrons. The van der Waals surface area contributed by atoms with E-state index in [4.69, 9.17) is 149 Å². The van der Waals surface area contributed by atoms with Crippen molar-refractivity contribution in [2.45, 2.75) is 77.0 Å². The third kappa shape index (κ3) is 24.4. The van der Waals surface area contributed by atoms with Gasteiger partial charge in [0.05, 0.1) is 0 Å². The molecule has 6 saturated heterocycles. The van der Waals surface area contributed by atoms with Crippen LogP contribution in [0.2, 0.25) is 0 Å². The predicted molar refractivity (Wildman–Crippen MR) is 245 cm³/mol. The van der Waals surface area contributed by atoms with Gasteiger partial charge in [0.25, 0.3) is 0 Å². The molecule has 0 amide bonds. The van der Waals surface area contributed by atoms with Crippen LogP contribution >= 0.6 is 73.3 Å². The topological polar surface area (TPSA) is 19.4 Å². The van der Waals surface area contributed by atoms with Gasteiger partial charge in [0.15, 0.2) is 0 Å². The molecule has 0 aliphatic carbocycles. The van der Waals surface area contributed by atoms with Gasteiger partial charge < -0.3 is 178 Å². The Labute approximate surface area is 376 Å². The summed E-state index contributed by atoms with van der Waals surface area (Å²) in [5, 5.41) is 0. The molecule has 6 nitrogen and oxygen atoms in total. The Bertz CT molecular complexity index is 788. The SMILES string of the molecule is S=C([S-])N1CCCC1.S=C([S-])N1CCCC1.S=C([S-])N1CCCC1.S=C([S-])N1CCCC1.S=C([S-])N1CCCC1.S=C([S-])N1CCCC1.[Mo]. The molecule has 0 spiro atoms. The third-order valence-electron chi connectivity index (χ3n) is 8.19. The molecule has 6 fully saturated rings. The van der Waals surface area contributed by atoms with Crippen molar-refractivity contribution in [3.8, 4) is 0 Å². The predicted octanol–water partition coefficient (Wildman–Crippen LogP) is 5.48. The molecule has 6 aliphatic heterocycles. The maximum atomic E-state index is 4.80. The molecule has 0 aromatic rings. The van der Waals surface area contributed by atoms with Gasteiger partial charge in [-0.1, -0.05) is 25.9 Å². The Kier molecular flexibility index (Phi) is 31.5. The number of nitrogens with zero attached hydrogens (tertiary/aromatic N) is 6. The van der Waals surface area contributed by atoms with Crippen molar-refractivity contribution in [3.05, 3.63) is 0 Å². The van der Waals surface area contributed by atoms with E-state index >= 15 is 0 Å². The van der Waals surface area contributed by atoms with Crippen molar-refractivity contribution in [2.24, 2.45) is 0 Å². The van der Waals surface area contributed by atoms with Crippen molar-refractivity contribution in [1.29, 1.82) is 0 Å². The van der Waals surface area contributed by atoms with E-state index in [0.717, 1.165) is 78.5 Å². The molecule has 0 bridgehead atoms. The summed E-state index contributed by atoms with van der Waals surface area (Å²) in [6.07, 6.45) is 15.1. The van der Waals surface area contributed by atoms with E-state index < -0.39 is 0 Å². The molecule has 6 heterocycles. The van der Waals surface area contributed by atoms with Gasteiger partial charge in [0.2, 0.25) is 0 Å². The van der Waals surface area contributed by atoms with E-state index in [1.54, 1.807) is 0 Å². The van der Waals surface area contributed by atoms with Gasteiger partial charge >= 0.3 is 0 Å². The maximum absolute atomic E-state index is 4.80. The van der Waals surface area contributed by atoms with Gasteiger partial charge in [0.1, 0.15) is 0 Å². The average Bonchev–Trinajstić information content (AvgIpc) is 3.91. The fraction of sp³-hybridized carbons (Fsp3) is 0.800. The third-order valence-corrected chi connectivity index (χ3v) is 11.3. The van der Waals surface area contributed by atoms with Crippen LogP contribution in [0.4, 0.5) is 0 Å². The molecule has 6 aliphatic rings. The van der Waals surface area contributed by atoms with Crippen LogP contribution < -0.4 is 0 Å². The molecule has 0 radical (unpaired) electrons. The zero-order chi connectivity index (χ0) is 35.9. The van der Waals surface area contributed by atoms with E-state index in [1.807, 2.05) is 0 Å². The summed E-state index contributed by atoms with van der Waals surface area (Å²) in [7, 11) is 0. The fourth-order valence-corrected chi connectivity index (χ4v) is 7.59. The largest absolute Gasteiger partial charge is 0.411 e. The molecule has 0 aromatic carbocycles. The zero-order valence-corrected chi connectivity index (χ0v) is 39.8. The summed E-state index contributed by atoms with van der Waals surface area (Å²) in [4.78, 5) is 12.4. The molecule has 0 saturated carbocycles. The van der Waals surface area contributed by atoms with Crippen LogP contribution in [0.15, 0.2) is 0 Å². The van der Waals surface area contributed by atoms with Gasteiger partial charge in [-0.15, -0.1) is 0 Å². The van der Waals surface area contributed by atoms with E-state index in [0.29, 0.717) is 25.9 Å². The summed E-state index contributed by atoms with van der Waals surface area (Å²) in [5.74, 6) is 0. The molecule has 0 atom stereocenters. The summed E-state index contributed by atoms with van der Waals surface area (Å²) >= 11 is 57.6. The Hall–Kier alpha value is 1.35. The monoisotopic (exact) mass is 974 g/mol. The van der Waals surface area contributed by atoms with Gasteiger partial charge in [0, 0.05) is 99.6 Å². The second kappa shape index (κ2) is 30.6. The normalized spacial score (nSPS) is 18.9. The summed E-state index contributed by atoms with van der Waals surface area (Å²) in [6, 6.07) is 0. The molecule has 49 heavy (non-hydrogen) atoms. The second-order valence-corrected chi connectivity index (χ2v) is 18.0. The van der Waals surface area contributed by atoms with Crippen LogP contribution in [-0.2, 0) is 96.8 Å². The van der Waals surface area contributed by atoms with Crippen molar-refractivity contribution >= 4 is 175 Å². The number of hydrogen-bond acceptors (Lipinski definition) is 12. The van der Waals surface area contributed by atoms with E-state index in [-0.39, 0.29) is 21.1 Å². The Morgan fingerprint density at radius 1 is 0.245 bits per heavy atom. The van der Waals surface area contributed by atoms with E-state index in [2.05, 4.69) is 29.4 Å². The first-order valence-corrected chi connectivity index (χ1v) is 21.5. The molecule has 19 heteroatoms. The van der Waals surface area contributed by atoms with Crippen LogP contribution in [-0.4, -0.2) is 134 Å². The van der Waals surface area contributed by atoms with Gasteiger partial charge in [-0.2, -0.15) is 0 Å². The zero-order valence-electron chi connectivity index (χ0n) is 28.0. The first-order chi connectivity index (χ1) is 22.8. The Morgan fingerprint density at radius 3 is 0.367 bits per heavy atom. The van der Waals surface area contributed by atoms with E-state index in [1.165, 1.54) is 77.0 Å². The van der Waals surface area contributed by atoms with Gasteiger partial charge in [-0.05, 0) is 77.0 Å². The Balaban J connectivity index is 0.000000562. The van der Waals surface area contributed by atoms with Crippen LogP contribution in [0.25, 0.3) is 0 Å². The number of likely N-dealkylation sites (tertiary alicyclic amines) is 6. The second-order valence-electron chi connectivity index (χ2n) is 11.8. The van der Waals surface area contributed by atoms with Crippen LogP contribution in [0.1, 0.15) is 77.0 Å². The molecule has 0 N–H and O–H groups in total. The summed E-state index contributed by atoms with van der Waals surface area (Å²) in [6.45, 7) is 13.0. The fourth-order valence-electron chi connectivity index (χ4n) is 5.40. The summed E-state index contributed by atoms with van der Waals surface area (Å²) < 4.78 is 3.85. The minimum Gasteiger partial charge on any atom is -0.411 e. The molecule has 0 aromatic heterocycles. The van der Waals surface area contributed by atoms with Gasteiger partial charge in [-0.25, -0.2) is 0 Å². The minimum absolute atomic E-state index is 0. The smallest absolute Gasteiger partial charge is 0.0163 e. The van der Waals surface area contributed by atoms with Crippen molar-refractivity contribution < 1.29 is 21.1 Å². The van der Waals surface area contributed by atoms with E-state index in [9.17, 15) is 0 Å². The molecule has 0 unspecified atom stereocenters. The maximum Gasteiger partial charge on any atom is 0.0163 e. The number of rotatable bonds is 0. The first kappa shape index (κ1) is 50.3. The van der Waals surface area contributed by atoms with Crippen molar-refractivity contribution in [3.63, 3.8) is 0 Å². The van der Waals surface area contributed by atoms with Crippen LogP contribution in [0.3, 0.4) is 0 Å². The van der Waals surface area contributed by atoms with Crippen LogP contribution in [0, 0.1) is 0 Å². The first-order valence-electron chi connectivity index (χ1n) is 16.6. The molecule has 6 rings (SSSR count). The number of thiocarbonyl (C=S) groups is 6. The summed E-state index contributed by atoms with van der Waals surface area (Å²) in [5.41, 5.74) is 0. The molecular weight excluding hydrogens is 925 g/mol. The standard InChI is InChI=1S/6C5H9NS2.Mo/c6*7-5(8)6-3-1-2-4-6;/h6*1-4H2,(H,7,8);/p-6. The average molecular weight is 973 g/mol.